The van der Waals surface area contributed by atoms with Crippen molar-refractivity contribution in [2.75, 3.05) is 26.8 Å². The maximum absolute atomic E-state index is 12.4. The highest BCUT2D eigenvalue weighted by Crippen LogP contribution is 2.16. The molecule has 1 unspecified atom stereocenters. The molecule has 0 saturated carbocycles. The molecule has 1 heterocycles. The first-order valence-electron chi connectivity index (χ1n) is 6.23. The molecule has 1 saturated heterocycles. The number of piperazine rings is 1. The van der Waals surface area contributed by atoms with Gasteiger partial charge >= 0.3 is 0 Å². The SMILES string of the molecule is COCC1(C)NCCN(Cc2ccccc2)C1=O. The van der Waals surface area contributed by atoms with Gasteiger partial charge in [-0.15, -0.1) is 0 Å². The highest BCUT2D eigenvalue weighted by Gasteiger charge is 2.39. The van der Waals surface area contributed by atoms with Crippen molar-refractivity contribution in [2.45, 2.75) is 19.0 Å². The zero-order valence-electron chi connectivity index (χ0n) is 11.0. The van der Waals surface area contributed by atoms with Gasteiger partial charge in [-0.3, -0.25) is 10.1 Å². The molecule has 1 atom stereocenters. The third-order valence-electron chi connectivity index (χ3n) is 3.31. The number of carbonyl (C=O) groups is 1. The van der Waals surface area contributed by atoms with Crippen molar-refractivity contribution >= 4 is 5.91 Å². The summed E-state index contributed by atoms with van der Waals surface area (Å²) < 4.78 is 5.14. The Morgan fingerprint density at radius 3 is 2.78 bits per heavy atom. The molecule has 0 radical (unpaired) electrons. The third-order valence-corrected chi connectivity index (χ3v) is 3.31. The van der Waals surface area contributed by atoms with Crippen molar-refractivity contribution in [2.24, 2.45) is 0 Å². The number of amides is 1. The first-order chi connectivity index (χ1) is 8.65. The van der Waals surface area contributed by atoms with Crippen LogP contribution in [0.5, 0.6) is 0 Å². The van der Waals surface area contributed by atoms with E-state index in [-0.39, 0.29) is 5.91 Å². The first kappa shape index (κ1) is 13.1. The molecule has 1 aliphatic heterocycles. The Morgan fingerprint density at radius 1 is 1.39 bits per heavy atom. The molecule has 4 nitrogen and oxygen atoms in total. The van der Waals surface area contributed by atoms with Gasteiger partial charge in [0.1, 0.15) is 5.54 Å². The highest BCUT2D eigenvalue weighted by atomic mass is 16.5. The fourth-order valence-corrected chi connectivity index (χ4v) is 2.35. The largest absolute Gasteiger partial charge is 0.382 e. The maximum Gasteiger partial charge on any atom is 0.245 e. The molecule has 0 spiro atoms. The van der Waals surface area contributed by atoms with Gasteiger partial charge in [0.25, 0.3) is 0 Å². The van der Waals surface area contributed by atoms with E-state index < -0.39 is 5.54 Å². The summed E-state index contributed by atoms with van der Waals surface area (Å²) in [5.41, 5.74) is 0.564. The second-order valence-corrected chi connectivity index (χ2v) is 4.90. The van der Waals surface area contributed by atoms with Crippen LogP contribution in [0.25, 0.3) is 0 Å². The highest BCUT2D eigenvalue weighted by molar-refractivity contribution is 5.87. The van der Waals surface area contributed by atoms with Crippen LogP contribution in [0.4, 0.5) is 0 Å². The minimum atomic E-state index is -0.595. The Labute approximate surface area is 108 Å². The molecule has 98 valence electrons. The van der Waals surface area contributed by atoms with E-state index in [2.05, 4.69) is 5.32 Å². The van der Waals surface area contributed by atoms with Gasteiger partial charge in [-0.05, 0) is 12.5 Å². The van der Waals surface area contributed by atoms with Gasteiger partial charge in [-0.2, -0.15) is 0 Å². The van der Waals surface area contributed by atoms with Gasteiger partial charge in [0.05, 0.1) is 6.61 Å². The molecule has 0 aromatic heterocycles. The minimum Gasteiger partial charge on any atom is -0.382 e. The molecule has 1 aromatic rings. The van der Waals surface area contributed by atoms with Crippen molar-refractivity contribution in [1.29, 1.82) is 0 Å². The number of hydrogen-bond acceptors (Lipinski definition) is 3. The van der Waals surface area contributed by atoms with Gasteiger partial charge in [0.2, 0.25) is 5.91 Å². The van der Waals surface area contributed by atoms with E-state index in [0.29, 0.717) is 13.2 Å². The Balaban J connectivity index is 2.07. The lowest BCUT2D eigenvalue weighted by atomic mass is 9.98. The number of hydrogen-bond donors (Lipinski definition) is 1. The summed E-state index contributed by atoms with van der Waals surface area (Å²) in [6.45, 7) is 4.51. The zero-order valence-corrected chi connectivity index (χ0v) is 11.0. The summed E-state index contributed by atoms with van der Waals surface area (Å²) in [4.78, 5) is 14.3. The monoisotopic (exact) mass is 248 g/mol. The van der Waals surface area contributed by atoms with Crippen LogP contribution < -0.4 is 5.32 Å². The Kier molecular flexibility index (Phi) is 3.99. The summed E-state index contributed by atoms with van der Waals surface area (Å²) in [7, 11) is 1.62. The number of nitrogens with one attached hydrogen (secondary N) is 1. The molecule has 18 heavy (non-hydrogen) atoms. The Morgan fingerprint density at radius 2 is 2.11 bits per heavy atom. The number of ether oxygens (including phenoxy) is 1. The molecular weight excluding hydrogens is 228 g/mol. The molecule has 1 fully saturated rings. The topological polar surface area (TPSA) is 41.6 Å². The number of benzene rings is 1. The maximum atomic E-state index is 12.4. The molecule has 1 aliphatic rings. The average molecular weight is 248 g/mol. The van der Waals surface area contributed by atoms with Crippen molar-refractivity contribution < 1.29 is 9.53 Å². The van der Waals surface area contributed by atoms with Crippen LogP contribution in [0, 0.1) is 0 Å². The lowest BCUT2D eigenvalue weighted by molar-refractivity contribution is -0.143. The molecular formula is C14H20N2O2. The van der Waals surface area contributed by atoms with Gasteiger partial charge in [0.15, 0.2) is 0 Å². The second kappa shape index (κ2) is 5.50. The Hall–Kier alpha value is -1.39. The summed E-state index contributed by atoms with van der Waals surface area (Å²) in [5.74, 6) is 0.111. The Bertz CT molecular complexity index is 404. The fourth-order valence-electron chi connectivity index (χ4n) is 2.35. The van der Waals surface area contributed by atoms with E-state index in [4.69, 9.17) is 4.74 Å². The van der Waals surface area contributed by atoms with E-state index in [1.54, 1.807) is 7.11 Å². The smallest absolute Gasteiger partial charge is 0.245 e. The molecule has 0 bridgehead atoms. The van der Waals surface area contributed by atoms with Crippen molar-refractivity contribution in [3.05, 3.63) is 35.9 Å². The molecule has 1 amide bonds. The van der Waals surface area contributed by atoms with Crippen LogP contribution in [0.15, 0.2) is 30.3 Å². The standard InChI is InChI=1S/C14H20N2O2/c1-14(11-18-2)13(17)16(9-8-15-14)10-12-6-4-3-5-7-12/h3-7,15H,8-11H2,1-2H3. The van der Waals surface area contributed by atoms with Gasteiger partial charge in [0, 0.05) is 26.7 Å². The first-order valence-corrected chi connectivity index (χ1v) is 6.23. The van der Waals surface area contributed by atoms with E-state index in [0.717, 1.165) is 18.7 Å². The van der Waals surface area contributed by atoms with E-state index in [1.807, 2.05) is 42.2 Å². The summed E-state index contributed by atoms with van der Waals surface area (Å²) in [6, 6.07) is 10.1. The normalized spacial score (nSPS) is 24.3. The van der Waals surface area contributed by atoms with Crippen LogP contribution in [-0.4, -0.2) is 43.2 Å². The lowest BCUT2D eigenvalue weighted by Gasteiger charge is -2.40. The quantitative estimate of drug-likeness (QED) is 0.865. The molecule has 1 aromatic carbocycles. The summed E-state index contributed by atoms with van der Waals surface area (Å²) in [6.07, 6.45) is 0. The van der Waals surface area contributed by atoms with Crippen LogP contribution in [0.1, 0.15) is 12.5 Å². The summed E-state index contributed by atoms with van der Waals surface area (Å²) in [5, 5.41) is 3.25. The van der Waals surface area contributed by atoms with Crippen molar-refractivity contribution in [1.82, 2.24) is 10.2 Å². The third kappa shape index (κ3) is 2.71. The molecule has 1 N–H and O–H groups in total. The summed E-state index contributed by atoms with van der Waals surface area (Å²) >= 11 is 0. The zero-order chi connectivity index (χ0) is 13.0. The fraction of sp³-hybridized carbons (Fsp3) is 0.500. The van der Waals surface area contributed by atoms with Crippen LogP contribution in [-0.2, 0) is 16.1 Å². The second-order valence-electron chi connectivity index (χ2n) is 4.90. The lowest BCUT2D eigenvalue weighted by Crippen LogP contribution is -2.64. The van der Waals surface area contributed by atoms with Gasteiger partial charge in [-0.1, -0.05) is 30.3 Å². The predicted octanol–water partition coefficient (Wildman–Crippen LogP) is 1.02. The molecule has 0 aliphatic carbocycles. The minimum absolute atomic E-state index is 0.111. The number of nitrogens with zero attached hydrogens (tertiary/aromatic N) is 1. The van der Waals surface area contributed by atoms with Crippen molar-refractivity contribution in [3.63, 3.8) is 0 Å². The number of methoxy groups -OCH3 is 1. The van der Waals surface area contributed by atoms with Gasteiger partial charge in [-0.25, -0.2) is 0 Å². The molecule has 4 heteroatoms. The van der Waals surface area contributed by atoms with Crippen molar-refractivity contribution in [3.8, 4) is 0 Å². The predicted molar refractivity (Wildman–Crippen MR) is 70.1 cm³/mol. The van der Waals surface area contributed by atoms with E-state index in [9.17, 15) is 4.79 Å². The average Bonchev–Trinajstić information content (AvgIpc) is 2.37. The van der Waals surface area contributed by atoms with Crippen LogP contribution >= 0.6 is 0 Å². The van der Waals surface area contributed by atoms with Crippen LogP contribution in [0.3, 0.4) is 0 Å². The van der Waals surface area contributed by atoms with Gasteiger partial charge < -0.3 is 9.64 Å². The van der Waals surface area contributed by atoms with E-state index >= 15 is 0 Å². The number of carbonyl (C=O) groups excluding carboxylic acids is 1. The number of rotatable bonds is 4. The van der Waals surface area contributed by atoms with E-state index in [1.165, 1.54) is 0 Å². The molecule has 2 rings (SSSR count). The van der Waals surface area contributed by atoms with Crippen LogP contribution in [0.2, 0.25) is 0 Å².